The smallest absolute Gasteiger partial charge is 0.326 e. The molecule has 0 spiro atoms. The molecule has 13 N–H and O–H groups in total. The zero-order valence-corrected chi connectivity index (χ0v) is 43.6. The predicted octanol–water partition coefficient (Wildman–Crippen LogP) is 0.128. The second-order valence-electron chi connectivity index (χ2n) is 19.8. The van der Waals surface area contributed by atoms with Gasteiger partial charge < -0.3 is 63.7 Å². The Morgan fingerprint density at radius 3 is 1.96 bits per heavy atom. The van der Waals surface area contributed by atoms with Crippen molar-refractivity contribution in [3.8, 4) is 0 Å². The molecule has 9 atom stereocenters. The molecule has 0 aliphatic carbocycles. The van der Waals surface area contributed by atoms with E-state index in [0.717, 1.165) is 16.5 Å². The number of amides is 9. The number of thiol groups is 1. The molecule has 1 aromatic carbocycles. The lowest BCUT2D eigenvalue weighted by Crippen LogP contribution is -2.60. The molecule has 1 fully saturated rings. The quantitative estimate of drug-likeness (QED) is 0.0484. The third-order valence-corrected chi connectivity index (χ3v) is 12.9. The van der Waals surface area contributed by atoms with Crippen LogP contribution < -0.4 is 48.7 Å². The number of hydrogen-bond acceptors (Lipinski definition) is 12. The second kappa shape index (κ2) is 28.7. The molecule has 23 heteroatoms. The van der Waals surface area contributed by atoms with Crippen LogP contribution in [0.4, 0.5) is 0 Å². The van der Waals surface area contributed by atoms with E-state index in [0.29, 0.717) is 12.8 Å². The monoisotopic (exact) mass is 1030 g/mol. The number of nitrogens with zero attached hydrogens (tertiary/aromatic N) is 1. The number of carboxylic acid groups (broad SMARTS) is 1. The van der Waals surface area contributed by atoms with E-state index in [4.69, 9.17) is 11.5 Å². The SMILES string of the molecule is CC[C@H](C)[C@H](NC(=O)[C@@H]1CCCN1C(=O)[C@@H](NC(=O)[C@H](CC(C)C)NC(=O)[C@@H](N)Cc1c[nH]c2ccccc12)C(C)C)C(=O)NCC(=O)N[C@@H](CCC(N)=O)C(=O)N[C@@H](CS)C(=O)N[C@@H](CC(C)C)C(=O)O. The maximum absolute atomic E-state index is 14.3. The zero-order chi connectivity index (χ0) is 54.0. The Morgan fingerprint density at radius 2 is 1.36 bits per heavy atom. The Bertz CT molecular complexity index is 2240. The summed E-state index contributed by atoms with van der Waals surface area (Å²) in [6.45, 7) is 13.9. The third kappa shape index (κ3) is 18.1. The van der Waals surface area contributed by atoms with Crippen molar-refractivity contribution >= 4 is 82.7 Å². The fraction of sp³-hybridized carbons (Fsp3) is 0.633. The van der Waals surface area contributed by atoms with Gasteiger partial charge in [0.15, 0.2) is 0 Å². The first-order chi connectivity index (χ1) is 33.9. The van der Waals surface area contributed by atoms with Crippen molar-refractivity contribution in [1.29, 1.82) is 0 Å². The summed E-state index contributed by atoms with van der Waals surface area (Å²) in [7, 11) is 0. The molecule has 400 valence electrons. The summed E-state index contributed by atoms with van der Waals surface area (Å²) in [5.41, 5.74) is 13.4. The van der Waals surface area contributed by atoms with Crippen molar-refractivity contribution < 1.29 is 53.1 Å². The van der Waals surface area contributed by atoms with Gasteiger partial charge in [0.2, 0.25) is 53.2 Å². The fourth-order valence-corrected chi connectivity index (χ4v) is 8.58. The molecule has 2 heterocycles. The summed E-state index contributed by atoms with van der Waals surface area (Å²) in [5, 5.41) is 28.6. The van der Waals surface area contributed by atoms with E-state index < -0.39 is 126 Å². The van der Waals surface area contributed by atoms with Crippen molar-refractivity contribution in [2.45, 2.75) is 155 Å². The number of primary amides is 1. The summed E-state index contributed by atoms with van der Waals surface area (Å²) < 4.78 is 0. The summed E-state index contributed by atoms with van der Waals surface area (Å²) in [4.78, 5) is 137. The number of nitrogens with two attached hydrogens (primary N) is 2. The van der Waals surface area contributed by atoms with E-state index in [1.807, 2.05) is 38.1 Å². The van der Waals surface area contributed by atoms with Gasteiger partial charge in [0, 0.05) is 35.8 Å². The summed E-state index contributed by atoms with van der Waals surface area (Å²) in [6.07, 6.45) is 2.89. The van der Waals surface area contributed by atoms with Crippen LogP contribution in [0.25, 0.3) is 10.9 Å². The number of aliphatic carboxylic acids is 1. The first-order valence-corrected chi connectivity index (χ1v) is 25.3. The number of H-pyrrole nitrogens is 1. The first kappa shape index (κ1) is 60.1. The summed E-state index contributed by atoms with van der Waals surface area (Å²) in [6, 6.07) is -1.62. The van der Waals surface area contributed by atoms with E-state index in [-0.39, 0.29) is 62.7 Å². The number of aromatic amines is 1. The van der Waals surface area contributed by atoms with Gasteiger partial charge in [0.25, 0.3) is 0 Å². The van der Waals surface area contributed by atoms with Crippen molar-refractivity contribution in [2.24, 2.45) is 35.1 Å². The number of carbonyl (C=O) groups is 10. The number of carbonyl (C=O) groups excluding carboxylic acids is 9. The van der Waals surface area contributed by atoms with Crippen LogP contribution >= 0.6 is 12.6 Å². The van der Waals surface area contributed by atoms with E-state index in [9.17, 15) is 53.1 Å². The maximum Gasteiger partial charge on any atom is 0.326 e. The molecule has 9 amide bonds. The molecule has 0 radical (unpaired) electrons. The van der Waals surface area contributed by atoms with Gasteiger partial charge in [-0.3, -0.25) is 43.2 Å². The second-order valence-corrected chi connectivity index (χ2v) is 20.1. The molecule has 0 unspecified atom stereocenters. The molecule has 3 rings (SSSR count). The van der Waals surface area contributed by atoms with Crippen LogP contribution in [0.3, 0.4) is 0 Å². The van der Waals surface area contributed by atoms with Crippen molar-refractivity contribution in [1.82, 2.24) is 47.1 Å². The molecular weight excluding hydrogens is 951 g/mol. The maximum atomic E-state index is 14.3. The Hall–Kier alpha value is -6.23. The minimum absolute atomic E-state index is 0.0260. The van der Waals surface area contributed by atoms with Gasteiger partial charge in [-0.25, -0.2) is 4.79 Å². The molecule has 22 nitrogen and oxygen atoms in total. The molecule has 1 aliphatic rings. The Balaban J connectivity index is 1.68. The number of fused-ring (bicyclic) bond motifs is 1. The van der Waals surface area contributed by atoms with E-state index in [1.165, 1.54) is 4.90 Å². The molecule has 0 saturated carbocycles. The van der Waals surface area contributed by atoms with Crippen molar-refractivity contribution in [3.05, 3.63) is 36.0 Å². The number of para-hydroxylation sites is 1. The van der Waals surface area contributed by atoms with Gasteiger partial charge in [-0.1, -0.05) is 80.0 Å². The van der Waals surface area contributed by atoms with Crippen LogP contribution in [0.1, 0.15) is 106 Å². The Labute approximate surface area is 426 Å². The first-order valence-electron chi connectivity index (χ1n) is 24.7. The van der Waals surface area contributed by atoms with Crippen LogP contribution in [0, 0.1) is 23.7 Å². The normalized spacial score (nSPS) is 16.9. The minimum atomic E-state index is -1.42. The highest BCUT2D eigenvalue weighted by atomic mass is 32.1. The highest BCUT2D eigenvalue weighted by molar-refractivity contribution is 7.80. The van der Waals surface area contributed by atoms with Gasteiger partial charge in [0.05, 0.1) is 12.6 Å². The Morgan fingerprint density at radius 1 is 0.764 bits per heavy atom. The fourth-order valence-electron chi connectivity index (χ4n) is 8.32. The van der Waals surface area contributed by atoms with Crippen LogP contribution in [0.15, 0.2) is 30.5 Å². The Kier molecular flexibility index (Phi) is 24.0. The van der Waals surface area contributed by atoms with Gasteiger partial charge in [-0.15, -0.1) is 0 Å². The molecule has 2 aromatic rings. The number of rotatable bonds is 29. The highest BCUT2D eigenvalue weighted by Gasteiger charge is 2.41. The number of aromatic nitrogens is 1. The third-order valence-electron chi connectivity index (χ3n) is 12.5. The number of hydrogen-bond donors (Lipinski definition) is 12. The molecule has 0 bridgehead atoms. The summed E-state index contributed by atoms with van der Waals surface area (Å²) >= 11 is 4.13. The lowest BCUT2D eigenvalue weighted by molar-refractivity contribution is -0.143. The predicted molar refractivity (Wildman–Crippen MR) is 272 cm³/mol. The van der Waals surface area contributed by atoms with Crippen molar-refractivity contribution in [3.63, 3.8) is 0 Å². The van der Waals surface area contributed by atoms with Gasteiger partial charge in [-0.2, -0.15) is 12.6 Å². The van der Waals surface area contributed by atoms with E-state index in [2.05, 4.69) is 54.8 Å². The zero-order valence-electron chi connectivity index (χ0n) is 42.7. The highest BCUT2D eigenvalue weighted by Crippen LogP contribution is 2.23. The topological polar surface area (TPSA) is 346 Å². The van der Waals surface area contributed by atoms with Gasteiger partial charge in [-0.05, 0) is 73.8 Å². The van der Waals surface area contributed by atoms with Crippen LogP contribution in [0.5, 0.6) is 0 Å². The molecular formula is C49H77N11O11S. The van der Waals surface area contributed by atoms with Crippen molar-refractivity contribution in [2.75, 3.05) is 18.8 Å². The molecule has 1 aromatic heterocycles. The number of carboxylic acids is 1. The number of likely N-dealkylation sites (tertiary alicyclic amines) is 1. The largest absolute Gasteiger partial charge is 0.480 e. The van der Waals surface area contributed by atoms with Crippen LogP contribution in [0.2, 0.25) is 0 Å². The lowest BCUT2D eigenvalue weighted by atomic mass is 9.97. The number of nitrogens with one attached hydrogen (secondary N) is 8. The van der Waals surface area contributed by atoms with Gasteiger partial charge in [0.1, 0.15) is 42.3 Å². The van der Waals surface area contributed by atoms with E-state index in [1.54, 1.807) is 47.7 Å². The molecule has 1 aliphatic heterocycles. The van der Waals surface area contributed by atoms with Gasteiger partial charge >= 0.3 is 5.97 Å². The van der Waals surface area contributed by atoms with Crippen LogP contribution in [-0.4, -0.2) is 141 Å². The average molecular weight is 1030 g/mol. The van der Waals surface area contributed by atoms with Crippen LogP contribution in [-0.2, 0) is 54.4 Å². The van der Waals surface area contributed by atoms with E-state index >= 15 is 0 Å². The standard InChI is InChI=1S/C49H77N11O11S/c1-9-28(8)41(47(68)53-23-39(62)54-33(16-17-38(51)61)43(64)57-36(24-72)45(66)56-35(49(70)71)20-26(4)5)59-46(67)37-15-12-18-60(37)48(69)40(27(6)7)58-44(65)34(19-25(2)3)55-42(63)31(50)21-29-22-52-32-14-11-10-13-30(29)32/h10-11,13-14,22,25-28,31,33-37,40-41,52,72H,9,12,15-21,23-24,50H2,1-8H3,(H2,51,61)(H,53,68)(H,54,62)(H,55,63)(H,56,66)(H,57,64)(H,58,65)(H,59,67)(H,70,71)/t28-,31-,33-,34-,35-,36-,37-,40-,41-/m0/s1. The molecule has 1 saturated heterocycles. The minimum Gasteiger partial charge on any atom is -0.480 e. The molecule has 72 heavy (non-hydrogen) atoms. The lowest BCUT2D eigenvalue weighted by Gasteiger charge is -2.33. The number of benzene rings is 1. The summed E-state index contributed by atoms with van der Waals surface area (Å²) in [5.74, 6) is -8.91. The average Bonchev–Trinajstić information content (AvgIpc) is 3.98.